The van der Waals surface area contributed by atoms with E-state index < -0.39 is 0 Å². The standard InChI is InChI=1S/C23H35N3O2/c1-4-24(5-2)23(28)21(19-8-6-7-9-19)25-14-16-26(17-15-25)22(27)20-12-10-18(3)11-13-20/h10-13,19,21H,4-9,14-17H2,1-3H3/t21-/m0/s1. The topological polar surface area (TPSA) is 43.9 Å². The molecule has 5 heteroatoms. The van der Waals surface area contributed by atoms with E-state index in [9.17, 15) is 9.59 Å². The van der Waals surface area contributed by atoms with Crippen LogP contribution in [0.2, 0.25) is 0 Å². The average molecular weight is 386 g/mol. The van der Waals surface area contributed by atoms with Gasteiger partial charge in [-0.05, 0) is 51.7 Å². The highest BCUT2D eigenvalue weighted by Gasteiger charge is 2.38. The molecule has 2 amide bonds. The molecule has 1 aliphatic heterocycles. The number of likely N-dealkylation sites (N-methyl/N-ethyl adjacent to an activating group) is 1. The molecule has 5 nitrogen and oxygen atoms in total. The molecule has 0 bridgehead atoms. The Labute approximate surface area is 169 Å². The molecular weight excluding hydrogens is 350 g/mol. The van der Waals surface area contributed by atoms with Crippen LogP contribution in [0.5, 0.6) is 0 Å². The van der Waals surface area contributed by atoms with Crippen LogP contribution in [0.1, 0.15) is 55.5 Å². The van der Waals surface area contributed by atoms with Gasteiger partial charge in [0.25, 0.3) is 5.91 Å². The largest absolute Gasteiger partial charge is 0.342 e. The van der Waals surface area contributed by atoms with Gasteiger partial charge in [0.2, 0.25) is 5.91 Å². The number of amides is 2. The molecule has 1 atom stereocenters. The summed E-state index contributed by atoms with van der Waals surface area (Å²) >= 11 is 0. The Morgan fingerprint density at radius 3 is 2.11 bits per heavy atom. The SMILES string of the molecule is CCN(CC)C(=O)[C@H](C1CCCC1)N1CCN(C(=O)c2ccc(C)cc2)CC1. The zero-order valence-electron chi connectivity index (χ0n) is 17.7. The highest BCUT2D eigenvalue weighted by atomic mass is 16.2. The van der Waals surface area contributed by atoms with Crippen LogP contribution in [0, 0.1) is 12.8 Å². The maximum Gasteiger partial charge on any atom is 0.253 e. The summed E-state index contributed by atoms with van der Waals surface area (Å²) in [6, 6.07) is 7.79. The monoisotopic (exact) mass is 385 g/mol. The number of piperazine rings is 1. The van der Waals surface area contributed by atoms with E-state index in [1.165, 1.54) is 12.8 Å². The van der Waals surface area contributed by atoms with Crippen molar-refractivity contribution in [3.63, 3.8) is 0 Å². The second kappa shape index (κ2) is 9.55. The van der Waals surface area contributed by atoms with Crippen molar-refractivity contribution < 1.29 is 9.59 Å². The summed E-state index contributed by atoms with van der Waals surface area (Å²) in [5, 5.41) is 0. The van der Waals surface area contributed by atoms with Crippen molar-refractivity contribution in [3.05, 3.63) is 35.4 Å². The lowest BCUT2D eigenvalue weighted by Gasteiger charge is -2.42. The van der Waals surface area contributed by atoms with Crippen molar-refractivity contribution in [1.29, 1.82) is 0 Å². The quantitative estimate of drug-likeness (QED) is 0.755. The fourth-order valence-corrected chi connectivity index (χ4v) is 4.73. The summed E-state index contributed by atoms with van der Waals surface area (Å²) in [6.07, 6.45) is 4.78. The first-order chi connectivity index (χ1) is 13.5. The minimum Gasteiger partial charge on any atom is -0.342 e. The molecule has 0 N–H and O–H groups in total. The van der Waals surface area contributed by atoms with Gasteiger partial charge in [0, 0.05) is 44.8 Å². The lowest BCUT2D eigenvalue weighted by Crippen LogP contribution is -2.58. The Bertz CT molecular complexity index is 655. The van der Waals surface area contributed by atoms with Gasteiger partial charge >= 0.3 is 0 Å². The molecule has 2 aliphatic rings. The molecule has 1 saturated heterocycles. The van der Waals surface area contributed by atoms with Gasteiger partial charge in [-0.3, -0.25) is 14.5 Å². The highest BCUT2D eigenvalue weighted by molar-refractivity contribution is 5.94. The molecule has 1 heterocycles. The first-order valence-corrected chi connectivity index (χ1v) is 10.9. The summed E-state index contributed by atoms with van der Waals surface area (Å²) in [5.74, 6) is 0.856. The minimum absolute atomic E-state index is 0.0148. The third-order valence-corrected chi connectivity index (χ3v) is 6.47. The maximum absolute atomic E-state index is 13.3. The van der Waals surface area contributed by atoms with Gasteiger partial charge in [0.05, 0.1) is 6.04 Å². The second-order valence-corrected chi connectivity index (χ2v) is 8.19. The molecule has 1 saturated carbocycles. The molecule has 2 fully saturated rings. The van der Waals surface area contributed by atoms with Crippen molar-refractivity contribution >= 4 is 11.8 Å². The number of benzene rings is 1. The van der Waals surface area contributed by atoms with Crippen molar-refractivity contribution in [3.8, 4) is 0 Å². The first kappa shape index (κ1) is 20.8. The van der Waals surface area contributed by atoms with E-state index in [0.717, 1.165) is 50.1 Å². The van der Waals surface area contributed by atoms with Gasteiger partial charge < -0.3 is 9.80 Å². The molecule has 0 aromatic heterocycles. The Hall–Kier alpha value is -1.88. The van der Waals surface area contributed by atoms with Gasteiger partial charge in [-0.1, -0.05) is 30.5 Å². The minimum atomic E-state index is -0.0148. The van der Waals surface area contributed by atoms with Crippen LogP contribution in [0.4, 0.5) is 0 Å². The van der Waals surface area contributed by atoms with Crippen LogP contribution in [0.15, 0.2) is 24.3 Å². The number of hydrogen-bond acceptors (Lipinski definition) is 3. The van der Waals surface area contributed by atoms with E-state index in [-0.39, 0.29) is 17.9 Å². The van der Waals surface area contributed by atoms with Crippen molar-refractivity contribution in [1.82, 2.24) is 14.7 Å². The van der Waals surface area contributed by atoms with E-state index in [4.69, 9.17) is 0 Å². The Balaban J connectivity index is 1.66. The third-order valence-electron chi connectivity index (χ3n) is 6.47. The Morgan fingerprint density at radius 2 is 1.57 bits per heavy atom. The molecule has 3 rings (SSSR count). The number of aryl methyl sites for hydroxylation is 1. The van der Waals surface area contributed by atoms with E-state index in [1.54, 1.807) is 0 Å². The zero-order chi connectivity index (χ0) is 20.1. The molecule has 1 aliphatic carbocycles. The van der Waals surface area contributed by atoms with Gasteiger partial charge in [-0.25, -0.2) is 0 Å². The summed E-state index contributed by atoms with van der Waals surface area (Å²) in [5.41, 5.74) is 1.92. The van der Waals surface area contributed by atoms with Gasteiger partial charge in [-0.2, -0.15) is 0 Å². The summed E-state index contributed by atoms with van der Waals surface area (Å²) < 4.78 is 0. The van der Waals surface area contributed by atoms with Crippen LogP contribution < -0.4 is 0 Å². The van der Waals surface area contributed by atoms with Crippen molar-refractivity contribution in [2.45, 2.75) is 52.5 Å². The number of nitrogens with zero attached hydrogens (tertiary/aromatic N) is 3. The predicted octanol–water partition coefficient (Wildman–Crippen LogP) is 3.18. The molecular formula is C23H35N3O2. The number of hydrogen-bond donors (Lipinski definition) is 0. The molecule has 0 radical (unpaired) electrons. The molecule has 0 unspecified atom stereocenters. The van der Waals surface area contributed by atoms with Gasteiger partial charge in [0.15, 0.2) is 0 Å². The van der Waals surface area contributed by atoms with Crippen molar-refractivity contribution in [2.24, 2.45) is 5.92 Å². The van der Waals surface area contributed by atoms with E-state index in [1.807, 2.05) is 41.0 Å². The van der Waals surface area contributed by atoms with E-state index in [0.29, 0.717) is 19.0 Å². The molecule has 0 spiro atoms. The summed E-state index contributed by atoms with van der Waals surface area (Å²) in [6.45, 7) is 10.6. The normalized spacial score (nSPS) is 19.6. The molecule has 1 aromatic carbocycles. The van der Waals surface area contributed by atoms with Gasteiger partial charge in [-0.15, -0.1) is 0 Å². The maximum atomic E-state index is 13.3. The van der Waals surface area contributed by atoms with Gasteiger partial charge in [0.1, 0.15) is 0 Å². The fourth-order valence-electron chi connectivity index (χ4n) is 4.73. The first-order valence-electron chi connectivity index (χ1n) is 10.9. The Morgan fingerprint density at radius 1 is 1.00 bits per heavy atom. The predicted molar refractivity (Wildman–Crippen MR) is 112 cm³/mol. The van der Waals surface area contributed by atoms with E-state index >= 15 is 0 Å². The molecule has 154 valence electrons. The summed E-state index contributed by atoms with van der Waals surface area (Å²) in [4.78, 5) is 32.3. The third kappa shape index (κ3) is 4.57. The Kier molecular flexibility index (Phi) is 7.11. The van der Waals surface area contributed by atoms with Crippen LogP contribution in [0.3, 0.4) is 0 Å². The summed E-state index contributed by atoms with van der Waals surface area (Å²) in [7, 11) is 0. The van der Waals surface area contributed by atoms with Crippen molar-refractivity contribution in [2.75, 3.05) is 39.3 Å². The second-order valence-electron chi connectivity index (χ2n) is 8.19. The van der Waals surface area contributed by atoms with Crippen LogP contribution >= 0.6 is 0 Å². The number of carbonyl (C=O) groups is 2. The average Bonchev–Trinajstić information content (AvgIpc) is 3.24. The highest BCUT2D eigenvalue weighted by Crippen LogP contribution is 2.32. The fraction of sp³-hybridized carbons (Fsp3) is 0.652. The smallest absolute Gasteiger partial charge is 0.253 e. The molecule has 28 heavy (non-hydrogen) atoms. The lowest BCUT2D eigenvalue weighted by atomic mass is 9.94. The molecule has 1 aromatic rings. The number of rotatable bonds is 6. The number of carbonyl (C=O) groups excluding carboxylic acids is 2. The van der Waals surface area contributed by atoms with Crippen LogP contribution in [0.25, 0.3) is 0 Å². The lowest BCUT2D eigenvalue weighted by molar-refractivity contribution is -0.139. The van der Waals surface area contributed by atoms with Crippen LogP contribution in [-0.2, 0) is 4.79 Å². The van der Waals surface area contributed by atoms with E-state index in [2.05, 4.69) is 18.7 Å². The zero-order valence-corrected chi connectivity index (χ0v) is 17.7. The van der Waals surface area contributed by atoms with Crippen LogP contribution in [-0.4, -0.2) is 71.8 Å².